The van der Waals surface area contributed by atoms with E-state index in [0.29, 0.717) is 12.5 Å². The molecule has 2 aromatic carbocycles. The van der Waals surface area contributed by atoms with E-state index in [2.05, 4.69) is 72.9 Å². The zero-order chi connectivity index (χ0) is 15.0. The third-order valence-electron chi connectivity index (χ3n) is 3.69. The van der Waals surface area contributed by atoms with Crippen LogP contribution in [0, 0.1) is 6.92 Å². The molecule has 0 aliphatic carbocycles. The lowest BCUT2D eigenvalue weighted by Crippen LogP contribution is -2.36. The Hall–Kier alpha value is -1.33. The molecule has 0 aromatic heterocycles. The van der Waals surface area contributed by atoms with Gasteiger partial charge in [-0.3, -0.25) is 4.99 Å². The van der Waals surface area contributed by atoms with E-state index in [1.54, 1.807) is 0 Å². The Morgan fingerprint density at radius 3 is 2.62 bits per heavy atom. The van der Waals surface area contributed by atoms with Crippen LogP contribution in [0.15, 0.2) is 56.4 Å². The molecule has 1 aliphatic rings. The lowest BCUT2D eigenvalue weighted by atomic mass is 10.0. The van der Waals surface area contributed by atoms with Gasteiger partial charge in [-0.1, -0.05) is 24.3 Å². The maximum atomic E-state index is 6.13. The summed E-state index contributed by atoms with van der Waals surface area (Å²) in [7, 11) is 0. The fourth-order valence-electron chi connectivity index (χ4n) is 2.60. The molecule has 0 bridgehead atoms. The van der Waals surface area contributed by atoms with Crippen LogP contribution < -0.4 is 10.6 Å². The van der Waals surface area contributed by atoms with E-state index < -0.39 is 0 Å². The normalized spacial score (nSPS) is 18.0. The quantitative estimate of drug-likeness (QED) is 0.800. The van der Waals surface area contributed by atoms with Crippen LogP contribution in [0.1, 0.15) is 17.2 Å². The second-order valence-corrected chi connectivity index (χ2v) is 6.75. The number of nitrogens with two attached hydrogens (primary N) is 1. The van der Waals surface area contributed by atoms with Crippen LogP contribution in [0.5, 0.6) is 0 Å². The molecule has 0 spiro atoms. The number of benzene rings is 2. The average molecular weight is 409 g/mol. The Labute approximate surface area is 141 Å². The van der Waals surface area contributed by atoms with Crippen molar-refractivity contribution in [2.45, 2.75) is 13.0 Å². The lowest BCUT2D eigenvalue weighted by Gasteiger charge is -2.28. The summed E-state index contributed by atoms with van der Waals surface area (Å²) in [5.41, 5.74) is 9.63. The second kappa shape index (κ2) is 5.81. The van der Waals surface area contributed by atoms with Crippen molar-refractivity contribution in [2.75, 3.05) is 11.4 Å². The second-order valence-electron chi connectivity index (χ2n) is 5.04. The highest BCUT2D eigenvalue weighted by molar-refractivity contribution is 9.13. The maximum Gasteiger partial charge on any atom is 0.196 e. The number of rotatable bonds is 2. The van der Waals surface area contributed by atoms with Crippen molar-refractivity contribution in [1.82, 2.24) is 0 Å². The van der Waals surface area contributed by atoms with Gasteiger partial charge < -0.3 is 10.6 Å². The van der Waals surface area contributed by atoms with E-state index in [1.165, 1.54) is 11.1 Å². The van der Waals surface area contributed by atoms with Gasteiger partial charge in [0.25, 0.3) is 0 Å². The fourth-order valence-corrected chi connectivity index (χ4v) is 3.24. The number of aryl methyl sites for hydroxylation is 1. The molecule has 1 unspecified atom stereocenters. The standard InChI is InChI=1S/C16H15Br2N3/c1-10-4-2-3-5-14(10)21-15(9-20-16(21)19)11-6-7-12(17)13(18)8-11/h2-8,15H,9H2,1H3,(H2,19,20). The topological polar surface area (TPSA) is 41.6 Å². The minimum atomic E-state index is 0.135. The molecule has 0 saturated heterocycles. The van der Waals surface area contributed by atoms with Crippen LogP contribution >= 0.6 is 31.9 Å². The first-order valence-electron chi connectivity index (χ1n) is 6.67. The summed E-state index contributed by atoms with van der Waals surface area (Å²) in [4.78, 5) is 6.55. The third-order valence-corrected chi connectivity index (χ3v) is 5.57. The van der Waals surface area contributed by atoms with Crippen LogP contribution in [-0.2, 0) is 0 Å². The first-order chi connectivity index (χ1) is 10.1. The van der Waals surface area contributed by atoms with Crippen LogP contribution in [-0.4, -0.2) is 12.5 Å². The molecule has 108 valence electrons. The van der Waals surface area contributed by atoms with Gasteiger partial charge in [0.15, 0.2) is 5.96 Å². The van der Waals surface area contributed by atoms with Crippen molar-refractivity contribution in [3.05, 3.63) is 62.5 Å². The van der Waals surface area contributed by atoms with Gasteiger partial charge in [0.2, 0.25) is 0 Å². The summed E-state index contributed by atoms with van der Waals surface area (Å²) in [6, 6.07) is 14.7. The third kappa shape index (κ3) is 2.72. The van der Waals surface area contributed by atoms with Crippen molar-refractivity contribution in [3.8, 4) is 0 Å². The zero-order valence-corrected chi connectivity index (χ0v) is 14.7. The van der Waals surface area contributed by atoms with E-state index in [1.807, 2.05) is 18.2 Å². The largest absolute Gasteiger partial charge is 0.369 e. The molecular formula is C16H15Br2N3. The van der Waals surface area contributed by atoms with Crippen LogP contribution in [0.25, 0.3) is 0 Å². The molecule has 0 saturated carbocycles. The molecule has 2 N–H and O–H groups in total. The van der Waals surface area contributed by atoms with Gasteiger partial charge in [-0.05, 0) is 68.1 Å². The van der Waals surface area contributed by atoms with E-state index in [-0.39, 0.29) is 6.04 Å². The van der Waals surface area contributed by atoms with Crippen molar-refractivity contribution in [2.24, 2.45) is 10.7 Å². The van der Waals surface area contributed by atoms with E-state index in [4.69, 9.17) is 5.73 Å². The number of hydrogen-bond acceptors (Lipinski definition) is 3. The highest BCUT2D eigenvalue weighted by Crippen LogP contribution is 2.35. The van der Waals surface area contributed by atoms with Gasteiger partial charge in [0.1, 0.15) is 0 Å². The van der Waals surface area contributed by atoms with Crippen molar-refractivity contribution >= 4 is 43.5 Å². The molecular weight excluding hydrogens is 394 g/mol. The summed E-state index contributed by atoms with van der Waals surface area (Å²) in [6.07, 6.45) is 0. The Morgan fingerprint density at radius 2 is 1.90 bits per heavy atom. The van der Waals surface area contributed by atoms with Gasteiger partial charge in [-0.15, -0.1) is 0 Å². The molecule has 2 aromatic rings. The molecule has 21 heavy (non-hydrogen) atoms. The predicted octanol–water partition coefficient (Wildman–Crippen LogP) is 4.40. The van der Waals surface area contributed by atoms with Crippen molar-refractivity contribution in [1.29, 1.82) is 0 Å². The van der Waals surface area contributed by atoms with Crippen LogP contribution in [0.2, 0.25) is 0 Å². The van der Waals surface area contributed by atoms with E-state index in [0.717, 1.165) is 14.6 Å². The number of hydrogen-bond donors (Lipinski definition) is 1. The monoisotopic (exact) mass is 407 g/mol. The number of para-hydroxylation sites is 1. The SMILES string of the molecule is Cc1ccccc1N1C(N)=NCC1c1ccc(Br)c(Br)c1. The predicted molar refractivity (Wildman–Crippen MR) is 94.7 cm³/mol. The molecule has 1 atom stereocenters. The molecule has 3 nitrogen and oxygen atoms in total. The maximum absolute atomic E-state index is 6.13. The Balaban J connectivity index is 2.03. The summed E-state index contributed by atoms with van der Waals surface area (Å²) in [5.74, 6) is 0.577. The summed E-state index contributed by atoms with van der Waals surface area (Å²) in [6.45, 7) is 2.77. The Kier molecular flexibility index (Phi) is 4.04. The summed E-state index contributed by atoms with van der Waals surface area (Å²) in [5, 5.41) is 0. The van der Waals surface area contributed by atoms with Gasteiger partial charge in [0.05, 0.1) is 12.6 Å². The number of nitrogens with zero attached hydrogens (tertiary/aromatic N) is 2. The van der Waals surface area contributed by atoms with Crippen LogP contribution in [0.4, 0.5) is 5.69 Å². The molecule has 0 fully saturated rings. The molecule has 0 amide bonds. The van der Waals surface area contributed by atoms with E-state index >= 15 is 0 Å². The van der Waals surface area contributed by atoms with Crippen LogP contribution in [0.3, 0.4) is 0 Å². The molecule has 1 heterocycles. The smallest absolute Gasteiger partial charge is 0.196 e. The molecule has 0 radical (unpaired) electrons. The fraction of sp³-hybridized carbons (Fsp3) is 0.188. The lowest BCUT2D eigenvalue weighted by molar-refractivity contribution is 0.766. The molecule has 1 aliphatic heterocycles. The van der Waals surface area contributed by atoms with Crippen molar-refractivity contribution in [3.63, 3.8) is 0 Å². The Morgan fingerprint density at radius 1 is 1.14 bits per heavy atom. The van der Waals surface area contributed by atoms with Gasteiger partial charge >= 0.3 is 0 Å². The number of halogens is 2. The highest BCUT2D eigenvalue weighted by atomic mass is 79.9. The van der Waals surface area contributed by atoms with Gasteiger partial charge in [0, 0.05) is 14.6 Å². The first kappa shape index (κ1) is 14.6. The summed E-state index contributed by atoms with van der Waals surface area (Å²) < 4.78 is 2.08. The highest BCUT2D eigenvalue weighted by Gasteiger charge is 2.29. The minimum absolute atomic E-state index is 0.135. The summed E-state index contributed by atoms with van der Waals surface area (Å²) >= 11 is 7.07. The van der Waals surface area contributed by atoms with E-state index in [9.17, 15) is 0 Å². The minimum Gasteiger partial charge on any atom is -0.369 e. The average Bonchev–Trinajstić information content (AvgIpc) is 2.84. The number of aliphatic imine (C=N–C) groups is 1. The zero-order valence-electron chi connectivity index (χ0n) is 11.6. The number of anilines is 1. The van der Waals surface area contributed by atoms with Gasteiger partial charge in [-0.25, -0.2) is 0 Å². The number of guanidine groups is 1. The first-order valence-corrected chi connectivity index (χ1v) is 8.26. The molecule has 5 heteroatoms. The molecule has 3 rings (SSSR count). The Bertz CT molecular complexity index is 712. The van der Waals surface area contributed by atoms with Crippen molar-refractivity contribution < 1.29 is 0 Å². The van der Waals surface area contributed by atoms with Gasteiger partial charge in [-0.2, -0.15) is 0 Å².